The molecule has 1 aliphatic heterocycles. The van der Waals surface area contributed by atoms with Crippen LogP contribution in [0.1, 0.15) is 24.2 Å². The number of hydrogen-bond donors (Lipinski definition) is 1. The Hall–Kier alpha value is -2.44. The predicted molar refractivity (Wildman–Crippen MR) is 97.8 cm³/mol. The van der Waals surface area contributed by atoms with Gasteiger partial charge >= 0.3 is 5.97 Å². The molecule has 26 heavy (non-hydrogen) atoms. The molecule has 1 aromatic carbocycles. The molecule has 5 nitrogen and oxygen atoms in total. The van der Waals surface area contributed by atoms with E-state index in [4.69, 9.17) is 27.9 Å². The number of aliphatic imine (C=N–C) groups is 1. The van der Waals surface area contributed by atoms with Gasteiger partial charge in [-0.05, 0) is 31.2 Å². The van der Waals surface area contributed by atoms with Crippen molar-refractivity contribution in [2.45, 2.75) is 13.0 Å². The lowest BCUT2D eigenvalue weighted by molar-refractivity contribution is -0.136. The molecule has 1 atom stereocenters. The van der Waals surface area contributed by atoms with Crippen LogP contribution in [-0.2, 0) is 9.53 Å². The third kappa shape index (κ3) is 3.43. The van der Waals surface area contributed by atoms with Crippen molar-refractivity contribution in [3.05, 3.63) is 74.9 Å². The summed E-state index contributed by atoms with van der Waals surface area (Å²) in [6.45, 7) is 1.71. The number of allylic oxidation sites excluding steroid dienone is 1. The molecule has 1 aromatic heterocycles. The van der Waals surface area contributed by atoms with E-state index in [1.165, 1.54) is 25.3 Å². The standard InChI is InChI=1S/C18H14Cl2FN3O2/c1-9-14(18(25)26-2)15(11-6-5-10(21)8-13(11)20)24-17(23-9)16-12(19)4-3-7-22-16/h3-8,15H,1-2H3,(H,23,24)/t15-/m0/s1. The Morgan fingerprint density at radius 3 is 2.69 bits per heavy atom. The van der Waals surface area contributed by atoms with Crippen molar-refractivity contribution in [1.82, 2.24) is 10.3 Å². The molecule has 0 saturated heterocycles. The third-order valence-electron chi connectivity index (χ3n) is 3.89. The van der Waals surface area contributed by atoms with Crippen LogP contribution < -0.4 is 5.32 Å². The molecule has 0 aliphatic carbocycles. The minimum Gasteiger partial charge on any atom is -0.466 e. The van der Waals surface area contributed by atoms with E-state index in [9.17, 15) is 9.18 Å². The lowest BCUT2D eigenvalue weighted by Gasteiger charge is -2.26. The molecule has 134 valence electrons. The van der Waals surface area contributed by atoms with Gasteiger partial charge < -0.3 is 10.1 Å². The van der Waals surface area contributed by atoms with E-state index in [1.54, 1.807) is 25.3 Å². The van der Waals surface area contributed by atoms with Gasteiger partial charge in [-0.25, -0.2) is 9.18 Å². The molecule has 0 saturated carbocycles. The highest BCUT2D eigenvalue weighted by Gasteiger charge is 2.32. The number of amidine groups is 1. The van der Waals surface area contributed by atoms with Crippen molar-refractivity contribution < 1.29 is 13.9 Å². The van der Waals surface area contributed by atoms with Crippen molar-refractivity contribution in [3.63, 3.8) is 0 Å². The third-order valence-corrected chi connectivity index (χ3v) is 4.52. The van der Waals surface area contributed by atoms with Gasteiger partial charge in [-0.15, -0.1) is 0 Å². The lowest BCUT2D eigenvalue weighted by atomic mass is 9.95. The first kappa shape index (κ1) is 18.4. The average molecular weight is 394 g/mol. The first-order valence-corrected chi connectivity index (χ1v) is 8.37. The number of halogens is 3. The molecule has 0 fully saturated rings. The SMILES string of the molecule is COC(=O)C1=C(C)NC(c2ncccc2Cl)=N[C@H]1c1ccc(F)cc1Cl. The highest BCUT2D eigenvalue weighted by atomic mass is 35.5. The van der Waals surface area contributed by atoms with E-state index < -0.39 is 17.8 Å². The van der Waals surface area contributed by atoms with E-state index in [0.717, 1.165) is 0 Å². The van der Waals surface area contributed by atoms with Crippen LogP contribution >= 0.6 is 23.2 Å². The minimum absolute atomic E-state index is 0.154. The van der Waals surface area contributed by atoms with Gasteiger partial charge in [-0.3, -0.25) is 9.98 Å². The highest BCUT2D eigenvalue weighted by molar-refractivity contribution is 6.34. The minimum atomic E-state index is -0.787. The van der Waals surface area contributed by atoms with E-state index >= 15 is 0 Å². The summed E-state index contributed by atoms with van der Waals surface area (Å²) in [6, 6.07) is 6.52. The number of pyridine rings is 1. The quantitative estimate of drug-likeness (QED) is 0.798. The predicted octanol–water partition coefficient (Wildman–Crippen LogP) is 4.07. The second-order valence-corrected chi connectivity index (χ2v) is 6.35. The normalized spacial score (nSPS) is 16.8. The summed E-state index contributed by atoms with van der Waals surface area (Å²) in [5.41, 5.74) is 1.70. The van der Waals surface area contributed by atoms with E-state index in [2.05, 4.69) is 15.3 Å². The zero-order chi connectivity index (χ0) is 18.8. The maximum absolute atomic E-state index is 13.4. The van der Waals surface area contributed by atoms with E-state index in [1.807, 2.05) is 0 Å². The fourth-order valence-electron chi connectivity index (χ4n) is 2.68. The van der Waals surface area contributed by atoms with Crippen LogP contribution in [0, 0.1) is 5.82 Å². The molecule has 1 aliphatic rings. The van der Waals surface area contributed by atoms with Crippen molar-refractivity contribution >= 4 is 35.0 Å². The molecule has 0 unspecified atom stereocenters. The van der Waals surface area contributed by atoms with Crippen molar-refractivity contribution in [2.75, 3.05) is 7.11 Å². The maximum Gasteiger partial charge on any atom is 0.338 e. The number of nitrogens with one attached hydrogen (secondary N) is 1. The van der Waals surface area contributed by atoms with Crippen molar-refractivity contribution in [3.8, 4) is 0 Å². The summed E-state index contributed by atoms with van der Waals surface area (Å²) < 4.78 is 18.3. The molecule has 8 heteroatoms. The smallest absolute Gasteiger partial charge is 0.338 e. The van der Waals surface area contributed by atoms with Gasteiger partial charge in [0.25, 0.3) is 0 Å². The second-order valence-electron chi connectivity index (χ2n) is 5.54. The average Bonchev–Trinajstić information content (AvgIpc) is 2.61. The largest absolute Gasteiger partial charge is 0.466 e. The molecule has 2 heterocycles. The Morgan fingerprint density at radius 1 is 1.27 bits per heavy atom. The summed E-state index contributed by atoms with van der Waals surface area (Å²) in [7, 11) is 1.28. The van der Waals surface area contributed by atoms with Crippen LogP contribution in [0.15, 0.2) is 52.8 Å². The van der Waals surface area contributed by atoms with Crippen LogP contribution in [0.25, 0.3) is 0 Å². The fraction of sp³-hybridized carbons (Fsp3) is 0.167. The number of aromatic nitrogens is 1. The van der Waals surface area contributed by atoms with Gasteiger partial charge in [0, 0.05) is 22.5 Å². The van der Waals surface area contributed by atoms with Gasteiger partial charge in [0.05, 0.1) is 17.7 Å². The molecule has 2 aromatic rings. The summed E-state index contributed by atoms with van der Waals surface area (Å²) >= 11 is 12.4. The number of benzene rings is 1. The zero-order valence-corrected chi connectivity index (χ0v) is 15.4. The van der Waals surface area contributed by atoms with E-state index in [0.29, 0.717) is 27.8 Å². The van der Waals surface area contributed by atoms with Crippen molar-refractivity contribution in [2.24, 2.45) is 4.99 Å². The maximum atomic E-state index is 13.4. The summed E-state index contributed by atoms with van der Waals surface area (Å²) in [5, 5.41) is 3.59. The second kappa shape index (κ2) is 7.43. The molecular formula is C18H14Cl2FN3O2. The van der Waals surface area contributed by atoms with Crippen LogP contribution in [0.3, 0.4) is 0 Å². The number of methoxy groups -OCH3 is 1. The van der Waals surface area contributed by atoms with Gasteiger partial charge in [0.15, 0.2) is 5.84 Å². The van der Waals surface area contributed by atoms with E-state index in [-0.39, 0.29) is 10.6 Å². The van der Waals surface area contributed by atoms with Crippen LogP contribution in [-0.4, -0.2) is 23.9 Å². The first-order chi connectivity index (χ1) is 12.4. The van der Waals surface area contributed by atoms with Crippen molar-refractivity contribution in [1.29, 1.82) is 0 Å². The van der Waals surface area contributed by atoms with Gasteiger partial charge in [-0.1, -0.05) is 29.3 Å². The molecule has 0 spiro atoms. The molecule has 0 amide bonds. The summed E-state index contributed by atoms with van der Waals surface area (Å²) in [4.78, 5) is 21.1. The number of nitrogens with zero attached hydrogens (tertiary/aromatic N) is 2. The number of esters is 1. The lowest BCUT2D eigenvalue weighted by Crippen LogP contribution is -2.33. The van der Waals surface area contributed by atoms with Crippen LogP contribution in [0.4, 0.5) is 4.39 Å². The number of hydrogen-bond acceptors (Lipinski definition) is 5. The van der Waals surface area contributed by atoms with Gasteiger partial charge in [-0.2, -0.15) is 0 Å². The molecular weight excluding hydrogens is 380 g/mol. The molecule has 0 bridgehead atoms. The fourth-order valence-corrected chi connectivity index (χ4v) is 3.16. The first-order valence-electron chi connectivity index (χ1n) is 7.62. The topological polar surface area (TPSA) is 63.6 Å². The Balaban J connectivity index is 2.17. The highest BCUT2D eigenvalue weighted by Crippen LogP contribution is 2.36. The molecule has 0 radical (unpaired) electrons. The Labute approximate surface area is 159 Å². The summed E-state index contributed by atoms with van der Waals surface area (Å²) in [6.07, 6.45) is 1.58. The number of carbonyl (C=O) groups excluding carboxylic acids is 1. The van der Waals surface area contributed by atoms with Crippen LogP contribution in [0.2, 0.25) is 10.0 Å². The number of rotatable bonds is 3. The summed E-state index contributed by atoms with van der Waals surface area (Å²) in [5.74, 6) is -0.661. The Bertz CT molecular complexity index is 944. The monoisotopic (exact) mass is 393 g/mol. The Kier molecular flexibility index (Phi) is 5.25. The van der Waals surface area contributed by atoms with Crippen LogP contribution in [0.5, 0.6) is 0 Å². The zero-order valence-electron chi connectivity index (χ0n) is 13.9. The Morgan fingerprint density at radius 2 is 2.04 bits per heavy atom. The van der Waals surface area contributed by atoms with Gasteiger partial charge in [0.1, 0.15) is 17.6 Å². The molecule has 3 rings (SSSR count). The molecule has 1 N–H and O–H groups in total. The number of ether oxygens (including phenoxy) is 1. The van der Waals surface area contributed by atoms with Gasteiger partial charge in [0.2, 0.25) is 0 Å². The number of carbonyl (C=O) groups is 1.